The molecule has 1 unspecified atom stereocenters. The number of unbranched alkanes of at least 4 members (excludes halogenated alkanes) is 12. The third-order valence-corrected chi connectivity index (χ3v) is 14.9. The molecule has 0 aromatic heterocycles. The molecule has 0 N–H and O–H groups in total. The van der Waals surface area contributed by atoms with E-state index in [2.05, 4.69) is 74.5 Å². The van der Waals surface area contributed by atoms with E-state index in [-0.39, 0.29) is 12.8 Å². The van der Waals surface area contributed by atoms with Crippen LogP contribution in [0.2, 0.25) is 0 Å². The highest BCUT2D eigenvalue weighted by Gasteiger charge is 2.70. The van der Waals surface area contributed by atoms with E-state index < -0.39 is 23.7 Å². The van der Waals surface area contributed by atoms with Crippen molar-refractivity contribution in [2.45, 2.75) is 160 Å². The second kappa shape index (κ2) is 26.9. The Morgan fingerprint density at radius 3 is 1.40 bits per heavy atom. The highest BCUT2D eigenvalue weighted by Crippen LogP contribution is 2.64. The van der Waals surface area contributed by atoms with Crippen LogP contribution in [-0.4, -0.2) is 25.6 Å². The smallest absolute Gasteiger partial charge is 0.323 e. The summed E-state index contributed by atoms with van der Waals surface area (Å²) in [5.41, 5.74) is 8.05. The standard InChI is InChI=1S/C67H78F4O2/c1-5-8-11-13-18-23-48-73-60-41-37-55(38-42-60)54-31-35-57(36-32-54)59-40-44-62-61-43-39-58(56-33-29-53(30-34-56)52-27-25-51(26-28-52)24-19-15-14-17-22-47-72-4)49-63(61)65(64(62)50-59,45-21-16-12-9-6-2)67(70,71)66(68,69)46-20-10-7-3/h15,19,22,25-44,47,49-50H,5-14,16-18,20-21,23-24,45-46,48H2,1-4H3/b19-15+,47-22+. The normalized spacial score (nSPS) is 14.5. The molecule has 6 aromatic carbocycles. The van der Waals surface area contributed by atoms with Gasteiger partial charge in [-0.25, -0.2) is 0 Å². The van der Waals surface area contributed by atoms with E-state index in [4.69, 9.17) is 9.47 Å². The summed E-state index contributed by atoms with van der Waals surface area (Å²) in [6, 6.07) is 44.2. The third-order valence-electron chi connectivity index (χ3n) is 14.9. The third kappa shape index (κ3) is 13.5. The lowest BCUT2D eigenvalue weighted by atomic mass is 9.66. The van der Waals surface area contributed by atoms with Gasteiger partial charge in [-0.1, -0.05) is 219 Å². The number of allylic oxidation sites excluding steroid dienone is 3. The second-order valence-electron chi connectivity index (χ2n) is 20.2. The Morgan fingerprint density at radius 2 is 0.877 bits per heavy atom. The van der Waals surface area contributed by atoms with Gasteiger partial charge in [0, 0.05) is 6.42 Å². The number of halogens is 4. The maximum Gasteiger partial charge on any atom is 0.323 e. The van der Waals surface area contributed by atoms with Gasteiger partial charge >= 0.3 is 11.8 Å². The van der Waals surface area contributed by atoms with Gasteiger partial charge in [-0.3, -0.25) is 0 Å². The predicted molar refractivity (Wildman–Crippen MR) is 299 cm³/mol. The van der Waals surface area contributed by atoms with E-state index in [1.165, 1.54) is 37.7 Å². The summed E-state index contributed by atoms with van der Waals surface area (Å²) in [7, 11) is 1.65. The first-order valence-electron chi connectivity index (χ1n) is 27.5. The number of rotatable bonds is 30. The quantitative estimate of drug-likeness (QED) is 0.0194. The molecule has 6 heteroatoms. The molecular formula is C67H78F4O2. The Hall–Kier alpha value is -5.88. The van der Waals surface area contributed by atoms with Gasteiger partial charge in [0.25, 0.3) is 0 Å². The van der Waals surface area contributed by atoms with Crippen LogP contribution in [0.4, 0.5) is 17.6 Å². The number of hydrogen-bond acceptors (Lipinski definition) is 2. The van der Waals surface area contributed by atoms with Gasteiger partial charge in [0.2, 0.25) is 0 Å². The van der Waals surface area contributed by atoms with Crippen molar-refractivity contribution in [3.63, 3.8) is 0 Å². The molecule has 1 atom stereocenters. The first kappa shape index (κ1) is 54.9. The van der Waals surface area contributed by atoms with Crippen LogP contribution in [0.3, 0.4) is 0 Å². The number of ether oxygens (including phenoxy) is 2. The lowest BCUT2D eigenvalue weighted by Crippen LogP contribution is -2.56. The Bertz CT molecular complexity index is 2660. The minimum absolute atomic E-state index is 0.0343. The van der Waals surface area contributed by atoms with Crippen LogP contribution in [0.5, 0.6) is 5.75 Å². The molecule has 0 amide bonds. The van der Waals surface area contributed by atoms with Gasteiger partial charge in [-0.2, -0.15) is 17.6 Å². The van der Waals surface area contributed by atoms with Crippen LogP contribution in [0, 0.1) is 0 Å². The summed E-state index contributed by atoms with van der Waals surface area (Å²) >= 11 is 0. The summed E-state index contributed by atoms with van der Waals surface area (Å²) in [5, 5.41) is 0. The largest absolute Gasteiger partial charge is 0.505 e. The van der Waals surface area contributed by atoms with Crippen molar-refractivity contribution in [3.05, 3.63) is 175 Å². The lowest BCUT2D eigenvalue weighted by Gasteiger charge is -2.43. The fourth-order valence-electron chi connectivity index (χ4n) is 10.6. The number of methoxy groups -OCH3 is 1. The molecule has 1 aliphatic carbocycles. The van der Waals surface area contributed by atoms with E-state index in [9.17, 15) is 0 Å². The molecule has 7 rings (SSSR count). The average Bonchev–Trinajstić information content (AvgIpc) is 3.70. The first-order chi connectivity index (χ1) is 35.6. The average molecular weight is 991 g/mol. The Morgan fingerprint density at radius 1 is 0.452 bits per heavy atom. The predicted octanol–water partition coefficient (Wildman–Crippen LogP) is 20.6. The fourth-order valence-corrected chi connectivity index (χ4v) is 10.6. The van der Waals surface area contributed by atoms with Crippen LogP contribution in [0.1, 0.15) is 153 Å². The highest BCUT2D eigenvalue weighted by atomic mass is 19.3. The summed E-state index contributed by atoms with van der Waals surface area (Å²) in [6.45, 7) is 6.95. The molecular weight excluding hydrogens is 913 g/mol. The van der Waals surface area contributed by atoms with E-state index in [1.54, 1.807) is 19.4 Å². The zero-order valence-electron chi connectivity index (χ0n) is 44.0. The molecule has 0 heterocycles. The molecule has 386 valence electrons. The van der Waals surface area contributed by atoms with Gasteiger partial charge < -0.3 is 9.47 Å². The second-order valence-corrected chi connectivity index (χ2v) is 20.2. The van der Waals surface area contributed by atoms with Gasteiger partial charge in [0.1, 0.15) is 5.75 Å². The number of alkyl halides is 4. The van der Waals surface area contributed by atoms with Crippen molar-refractivity contribution in [2.24, 2.45) is 0 Å². The van der Waals surface area contributed by atoms with Crippen LogP contribution in [0.25, 0.3) is 55.6 Å². The highest BCUT2D eigenvalue weighted by molar-refractivity contribution is 5.87. The lowest BCUT2D eigenvalue weighted by molar-refractivity contribution is -0.242. The van der Waals surface area contributed by atoms with Crippen molar-refractivity contribution in [1.82, 2.24) is 0 Å². The van der Waals surface area contributed by atoms with E-state index >= 15 is 17.6 Å². The topological polar surface area (TPSA) is 18.5 Å². The molecule has 0 spiro atoms. The van der Waals surface area contributed by atoms with Gasteiger partial charge in [-0.15, -0.1) is 0 Å². The molecule has 0 radical (unpaired) electrons. The molecule has 1 aliphatic rings. The van der Waals surface area contributed by atoms with E-state index in [0.717, 1.165) is 95.2 Å². The molecule has 73 heavy (non-hydrogen) atoms. The zero-order valence-corrected chi connectivity index (χ0v) is 44.0. The summed E-state index contributed by atoms with van der Waals surface area (Å²) in [4.78, 5) is 0. The number of fused-ring (bicyclic) bond motifs is 3. The first-order valence-corrected chi connectivity index (χ1v) is 27.5. The van der Waals surface area contributed by atoms with Gasteiger partial charge in [0.15, 0.2) is 0 Å². The monoisotopic (exact) mass is 991 g/mol. The van der Waals surface area contributed by atoms with Gasteiger partial charge in [0.05, 0.1) is 25.4 Å². The molecule has 0 saturated carbocycles. The Kier molecular flexibility index (Phi) is 20.2. The van der Waals surface area contributed by atoms with Crippen LogP contribution in [-0.2, 0) is 16.6 Å². The summed E-state index contributed by atoms with van der Waals surface area (Å²) in [6.07, 6.45) is 22.2. The van der Waals surface area contributed by atoms with Crippen molar-refractivity contribution < 1.29 is 27.0 Å². The minimum atomic E-state index is -4.39. The van der Waals surface area contributed by atoms with Crippen molar-refractivity contribution in [2.75, 3.05) is 13.7 Å². The summed E-state index contributed by atoms with van der Waals surface area (Å²) in [5.74, 6) is -7.79. The summed E-state index contributed by atoms with van der Waals surface area (Å²) < 4.78 is 80.8. The molecule has 0 aliphatic heterocycles. The maximum absolute atomic E-state index is 18.0. The van der Waals surface area contributed by atoms with E-state index in [1.807, 2.05) is 91.9 Å². The Labute approximate surface area is 435 Å². The molecule has 0 saturated heterocycles. The SMILES string of the molecule is CCCCCCCCOc1ccc(-c2ccc(-c3ccc4c(c3)C(CCCCCCC)(C(F)(F)C(F)(F)CCCCC)c3cc(-c5ccc(-c6ccc(C/C=C/CC/C=C/OC)cc6)cc5)ccc3-4)cc2)cc1. The zero-order chi connectivity index (χ0) is 51.5. The van der Waals surface area contributed by atoms with Crippen LogP contribution >= 0.6 is 0 Å². The molecule has 0 fully saturated rings. The minimum Gasteiger partial charge on any atom is -0.505 e. The number of hydrogen-bond donors (Lipinski definition) is 0. The van der Waals surface area contributed by atoms with Gasteiger partial charge in [-0.05, 0) is 141 Å². The fraction of sp³-hybridized carbons (Fsp3) is 0.403. The maximum atomic E-state index is 18.0. The van der Waals surface area contributed by atoms with Crippen LogP contribution < -0.4 is 4.74 Å². The van der Waals surface area contributed by atoms with Crippen LogP contribution in [0.15, 0.2) is 158 Å². The van der Waals surface area contributed by atoms with E-state index in [0.29, 0.717) is 54.5 Å². The van der Waals surface area contributed by atoms with Crippen molar-refractivity contribution >= 4 is 0 Å². The molecule has 0 bridgehead atoms. The van der Waals surface area contributed by atoms with Crippen molar-refractivity contribution in [1.29, 1.82) is 0 Å². The molecule has 6 aromatic rings. The Balaban J connectivity index is 1.19. The molecule has 2 nitrogen and oxygen atoms in total. The van der Waals surface area contributed by atoms with Crippen molar-refractivity contribution in [3.8, 4) is 61.4 Å². The number of benzene rings is 6.